The fourth-order valence-electron chi connectivity index (χ4n) is 2.09. The Bertz CT molecular complexity index is 806. The minimum atomic E-state index is -4.61. The Morgan fingerprint density at radius 3 is 2.69 bits per heavy atom. The normalized spacial score (nSPS) is 12.5. The summed E-state index contributed by atoms with van der Waals surface area (Å²) < 4.78 is 40.0. The first-order valence-electron chi connectivity index (χ1n) is 7.42. The van der Waals surface area contributed by atoms with Crippen LogP contribution in [0.2, 0.25) is 0 Å². The molecular formula is C15H16F3N5O3. The molecule has 0 saturated heterocycles. The van der Waals surface area contributed by atoms with Crippen molar-refractivity contribution in [2.75, 3.05) is 18.9 Å². The van der Waals surface area contributed by atoms with Crippen LogP contribution in [-0.2, 0) is 11.0 Å². The number of carbonyl (C=O) groups is 2. The van der Waals surface area contributed by atoms with Crippen LogP contribution in [0.4, 0.5) is 23.8 Å². The van der Waals surface area contributed by atoms with E-state index in [0.717, 1.165) is 21.7 Å². The molecule has 1 unspecified atom stereocenters. The first-order valence-corrected chi connectivity index (χ1v) is 7.42. The molecule has 2 heterocycles. The average molecular weight is 371 g/mol. The summed E-state index contributed by atoms with van der Waals surface area (Å²) in [4.78, 5) is 27.7. The molecule has 26 heavy (non-hydrogen) atoms. The third-order valence-electron chi connectivity index (χ3n) is 3.45. The number of carbonyl (C=O) groups excluding carboxylic acids is 1. The van der Waals surface area contributed by atoms with Gasteiger partial charge in [0, 0.05) is 32.1 Å². The molecule has 2 amide bonds. The highest BCUT2D eigenvalue weighted by atomic mass is 19.4. The van der Waals surface area contributed by atoms with E-state index in [0.29, 0.717) is 0 Å². The summed E-state index contributed by atoms with van der Waals surface area (Å²) in [7, 11) is 1.40. The Kier molecular flexibility index (Phi) is 5.48. The Balaban J connectivity index is 2.14. The number of halogens is 3. The molecule has 8 nitrogen and oxygen atoms in total. The number of nitrogens with one attached hydrogen (secondary N) is 1. The standard InChI is InChI=1S/C15H16F3N5O3/c1-9(13(24)25)8-22(2)14(26)20-11-5-7-23(21-11)12-10(15(16,17)18)4-3-6-19-12/h3-7,9H,8H2,1-2H3,(H,24,25)(H,20,21,26). The Morgan fingerprint density at radius 2 is 2.08 bits per heavy atom. The predicted molar refractivity (Wildman–Crippen MR) is 84.8 cm³/mol. The summed E-state index contributed by atoms with van der Waals surface area (Å²) in [5.41, 5.74) is -0.964. The molecule has 140 valence electrons. The quantitative estimate of drug-likeness (QED) is 0.841. The number of amides is 2. The van der Waals surface area contributed by atoms with Crippen LogP contribution in [0.15, 0.2) is 30.6 Å². The summed E-state index contributed by atoms with van der Waals surface area (Å²) in [5.74, 6) is -2.24. The van der Waals surface area contributed by atoms with E-state index >= 15 is 0 Å². The van der Waals surface area contributed by atoms with Gasteiger partial charge in [0.2, 0.25) is 0 Å². The third-order valence-corrected chi connectivity index (χ3v) is 3.45. The van der Waals surface area contributed by atoms with Crippen molar-refractivity contribution in [3.05, 3.63) is 36.2 Å². The number of hydrogen-bond acceptors (Lipinski definition) is 4. The summed E-state index contributed by atoms with van der Waals surface area (Å²) >= 11 is 0. The van der Waals surface area contributed by atoms with Crippen LogP contribution >= 0.6 is 0 Å². The van der Waals surface area contributed by atoms with Gasteiger partial charge in [-0.15, -0.1) is 5.10 Å². The highest BCUT2D eigenvalue weighted by Crippen LogP contribution is 2.32. The maximum Gasteiger partial charge on any atom is 0.420 e. The van der Waals surface area contributed by atoms with Gasteiger partial charge in [0.05, 0.1) is 5.92 Å². The molecule has 0 aliphatic heterocycles. The zero-order chi connectivity index (χ0) is 19.5. The summed E-state index contributed by atoms with van der Waals surface area (Å²) in [6, 6.07) is 2.71. The van der Waals surface area contributed by atoms with Gasteiger partial charge in [-0.25, -0.2) is 14.5 Å². The molecule has 0 saturated carbocycles. The molecular weight excluding hydrogens is 355 g/mol. The first-order chi connectivity index (χ1) is 12.1. The summed E-state index contributed by atoms with van der Waals surface area (Å²) in [6.07, 6.45) is -2.18. The number of carboxylic acid groups (broad SMARTS) is 1. The van der Waals surface area contributed by atoms with Gasteiger partial charge in [-0.05, 0) is 12.1 Å². The molecule has 0 aliphatic carbocycles. The maximum atomic E-state index is 13.0. The van der Waals surface area contributed by atoms with E-state index < -0.39 is 35.5 Å². The average Bonchev–Trinajstić information content (AvgIpc) is 3.02. The van der Waals surface area contributed by atoms with E-state index in [4.69, 9.17) is 5.11 Å². The second-order valence-corrected chi connectivity index (χ2v) is 5.57. The van der Waals surface area contributed by atoms with Gasteiger partial charge in [0.25, 0.3) is 0 Å². The molecule has 0 spiro atoms. The van der Waals surface area contributed by atoms with Crippen LogP contribution in [-0.4, -0.2) is 50.4 Å². The van der Waals surface area contributed by atoms with Crippen LogP contribution in [0.1, 0.15) is 12.5 Å². The highest BCUT2D eigenvalue weighted by Gasteiger charge is 2.34. The summed E-state index contributed by atoms with van der Waals surface area (Å²) in [5, 5.41) is 15.1. The monoisotopic (exact) mass is 371 g/mol. The second-order valence-electron chi connectivity index (χ2n) is 5.57. The zero-order valence-electron chi connectivity index (χ0n) is 13.9. The predicted octanol–water partition coefficient (Wildman–Crippen LogP) is 2.47. The third kappa shape index (κ3) is 4.49. The Morgan fingerprint density at radius 1 is 1.38 bits per heavy atom. The topological polar surface area (TPSA) is 100 Å². The van der Waals surface area contributed by atoms with Crippen LogP contribution in [0, 0.1) is 5.92 Å². The minimum Gasteiger partial charge on any atom is -0.481 e. The number of aliphatic carboxylic acids is 1. The molecule has 0 radical (unpaired) electrons. The Labute approximate surface area is 146 Å². The molecule has 2 rings (SSSR count). The van der Waals surface area contributed by atoms with Gasteiger partial charge in [-0.3, -0.25) is 10.1 Å². The molecule has 11 heteroatoms. The van der Waals surface area contributed by atoms with Crippen molar-refractivity contribution >= 4 is 17.8 Å². The fraction of sp³-hybridized carbons (Fsp3) is 0.333. The lowest BCUT2D eigenvalue weighted by Gasteiger charge is -2.19. The number of aromatic nitrogens is 3. The number of urea groups is 1. The maximum absolute atomic E-state index is 13.0. The largest absolute Gasteiger partial charge is 0.481 e. The highest BCUT2D eigenvalue weighted by molar-refractivity contribution is 5.88. The van der Waals surface area contributed by atoms with Crippen molar-refractivity contribution in [3.8, 4) is 5.82 Å². The van der Waals surface area contributed by atoms with Crippen molar-refractivity contribution in [2.24, 2.45) is 5.92 Å². The van der Waals surface area contributed by atoms with Gasteiger partial charge in [-0.2, -0.15) is 13.2 Å². The van der Waals surface area contributed by atoms with E-state index in [1.165, 1.54) is 32.4 Å². The lowest BCUT2D eigenvalue weighted by molar-refractivity contribution is -0.141. The fourth-order valence-corrected chi connectivity index (χ4v) is 2.09. The van der Waals surface area contributed by atoms with Gasteiger partial charge in [0.15, 0.2) is 11.6 Å². The minimum absolute atomic E-state index is 0.00334. The van der Waals surface area contributed by atoms with Crippen LogP contribution in [0.3, 0.4) is 0 Å². The number of alkyl halides is 3. The molecule has 0 aromatic carbocycles. The number of nitrogens with zero attached hydrogens (tertiary/aromatic N) is 4. The van der Waals surface area contributed by atoms with Crippen molar-refractivity contribution in [3.63, 3.8) is 0 Å². The number of pyridine rings is 1. The van der Waals surface area contributed by atoms with E-state index in [9.17, 15) is 22.8 Å². The lowest BCUT2D eigenvalue weighted by Crippen LogP contribution is -2.36. The Hall–Kier alpha value is -3.11. The van der Waals surface area contributed by atoms with Crippen LogP contribution in [0.25, 0.3) is 5.82 Å². The van der Waals surface area contributed by atoms with Crippen molar-refractivity contribution in [1.29, 1.82) is 0 Å². The molecule has 0 aliphatic rings. The van der Waals surface area contributed by atoms with Crippen molar-refractivity contribution in [2.45, 2.75) is 13.1 Å². The molecule has 2 aromatic rings. The van der Waals surface area contributed by atoms with Gasteiger partial charge in [-0.1, -0.05) is 6.92 Å². The molecule has 2 aromatic heterocycles. The molecule has 2 N–H and O–H groups in total. The second kappa shape index (κ2) is 7.42. The smallest absolute Gasteiger partial charge is 0.420 e. The van der Waals surface area contributed by atoms with Crippen molar-refractivity contribution in [1.82, 2.24) is 19.7 Å². The first kappa shape index (κ1) is 19.2. The number of rotatable bonds is 5. The van der Waals surface area contributed by atoms with Gasteiger partial charge < -0.3 is 10.0 Å². The number of anilines is 1. The van der Waals surface area contributed by atoms with E-state index in [2.05, 4.69) is 15.4 Å². The zero-order valence-corrected chi connectivity index (χ0v) is 13.9. The van der Waals surface area contributed by atoms with Gasteiger partial charge >= 0.3 is 18.2 Å². The van der Waals surface area contributed by atoms with E-state index in [-0.39, 0.29) is 12.4 Å². The summed E-state index contributed by atoms with van der Waals surface area (Å²) in [6.45, 7) is 1.40. The number of carboxylic acids is 1. The van der Waals surface area contributed by atoms with Crippen LogP contribution in [0.5, 0.6) is 0 Å². The molecule has 0 fully saturated rings. The SMILES string of the molecule is CC(CN(C)C(=O)Nc1ccn(-c2ncccc2C(F)(F)F)n1)C(=O)O. The van der Waals surface area contributed by atoms with Crippen molar-refractivity contribution < 1.29 is 27.9 Å². The molecule has 1 atom stereocenters. The van der Waals surface area contributed by atoms with E-state index in [1.54, 1.807) is 0 Å². The van der Waals surface area contributed by atoms with Gasteiger partial charge in [0.1, 0.15) is 5.56 Å². The molecule has 0 bridgehead atoms. The lowest BCUT2D eigenvalue weighted by atomic mass is 10.2. The van der Waals surface area contributed by atoms with Crippen LogP contribution < -0.4 is 5.32 Å². The number of hydrogen-bond donors (Lipinski definition) is 2. The van der Waals surface area contributed by atoms with E-state index in [1.807, 2.05) is 0 Å².